The van der Waals surface area contributed by atoms with Crippen LogP contribution in [0.4, 0.5) is 4.39 Å². The summed E-state index contributed by atoms with van der Waals surface area (Å²) in [7, 11) is 1.52. The Morgan fingerprint density at radius 3 is 2.88 bits per heavy atom. The zero-order valence-corrected chi connectivity index (χ0v) is 10.4. The number of halogens is 1. The molecule has 0 aromatic heterocycles. The zero-order valence-electron chi connectivity index (χ0n) is 9.57. The summed E-state index contributed by atoms with van der Waals surface area (Å²) in [6.07, 6.45) is 2.90. The minimum atomic E-state index is -0.655. The van der Waals surface area contributed by atoms with Crippen molar-refractivity contribution in [1.29, 1.82) is 0 Å². The van der Waals surface area contributed by atoms with Gasteiger partial charge in [0.15, 0.2) is 0 Å². The minimum Gasteiger partial charge on any atom is -0.496 e. The third-order valence-electron chi connectivity index (χ3n) is 2.38. The number of hydrogen-bond donors (Lipinski definition) is 1. The summed E-state index contributed by atoms with van der Waals surface area (Å²) < 4.78 is 18.2. The molecule has 1 rings (SSSR count). The molecule has 0 aliphatic heterocycles. The first-order valence-electron chi connectivity index (χ1n) is 5.19. The highest BCUT2D eigenvalue weighted by Crippen LogP contribution is 2.28. The second-order valence-corrected chi connectivity index (χ2v) is 4.52. The van der Waals surface area contributed by atoms with Gasteiger partial charge in [-0.2, -0.15) is 11.8 Å². The van der Waals surface area contributed by atoms with Gasteiger partial charge in [0.25, 0.3) is 0 Å². The lowest BCUT2D eigenvalue weighted by atomic mass is 10.0. The predicted molar refractivity (Wildman–Crippen MR) is 65.5 cm³/mol. The summed E-state index contributed by atoms with van der Waals surface area (Å²) in [5.41, 5.74) is 0.531. The van der Waals surface area contributed by atoms with Crippen LogP contribution >= 0.6 is 11.8 Å². The summed E-state index contributed by atoms with van der Waals surface area (Å²) in [4.78, 5) is 0. The van der Waals surface area contributed by atoms with Gasteiger partial charge in [0.2, 0.25) is 0 Å². The maximum absolute atomic E-state index is 13.1. The third kappa shape index (κ3) is 3.68. The molecule has 0 aliphatic carbocycles. The molecule has 0 saturated heterocycles. The standard InChI is InChI=1S/C12H17FO2S/c1-15-12-6-5-9(13)8-10(12)11(14)4-3-7-16-2/h5-6,8,11,14H,3-4,7H2,1-2H3. The molecule has 1 atom stereocenters. The molecule has 0 amide bonds. The van der Waals surface area contributed by atoms with E-state index in [1.807, 2.05) is 6.26 Å². The molecule has 1 N–H and O–H groups in total. The molecule has 0 bridgehead atoms. The highest BCUT2D eigenvalue weighted by Gasteiger charge is 2.13. The van der Waals surface area contributed by atoms with Gasteiger partial charge in [0.05, 0.1) is 13.2 Å². The van der Waals surface area contributed by atoms with Crippen LogP contribution in [-0.4, -0.2) is 24.2 Å². The molecule has 0 fully saturated rings. The van der Waals surface area contributed by atoms with E-state index >= 15 is 0 Å². The molecule has 1 aromatic carbocycles. The molecule has 16 heavy (non-hydrogen) atoms. The molecular formula is C12H17FO2S. The van der Waals surface area contributed by atoms with E-state index in [-0.39, 0.29) is 5.82 Å². The summed E-state index contributed by atoms with van der Waals surface area (Å²) in [6, 6.07) is 4.21. The van der Waals surface area contributed by atoms with Crippen molar-refractivity contribution in [3.05, 3.63) is 29.6 Å². The second kappa shape index (κ2) is 6.76. The quantitative estimate of drug-likeness (QED) is 0.780. The molecule has 0 radical (unpaired) electrons. The van der Waals surface area contributed by atoms with Gasteiger partial charge in [0, 0.05) is 5.56 Å². The molecule has 1 unspecified atom stereocenters. The fourth-order valence-corrected chi connectivity index (χ4v) is 2.00. The number of rotatable bonds is 6. The van der Waals surface area contributed by atoms with Crippen molar-refractivity contribution in [2.24, 2.45) is 0 Å². The molecule has 2 nitrogen and oxygen atoms in total. The van der Waals surface area contributed by atoms with Crippen molar-refractivity contribution in [3.63, 3.8) is 0 Å². The van der Waals surface area contributed by atoms with E-state index in [1.54, 1.807) is 17.8 Å². The van der Waals surface area contributed by atoms with Gasteiger partial charge in [-0.1, -0.05) is 0 Å². The van der Waals surface area contributed by atoms with Gasteiger partial charge < -0.3 is 9.84 Å². The molecule has 0 aliphatic rings. The molecule has 0 saturated carbocycles. The number of methoxy groups -OCH3 is 1. The molecule has 90 valence electrons. The van der Waals surface area contributed by atoms with Crippen LogP contribution in [0.3, 0.4) is 0 Å². The average molecular weight is 244 g/mol. The van der Waals surface area contributed by atoms with E-state index in [0.29, 0.717) is 17.7 Å². The third-order valence-corrected chi connectivity index (χ3v) is 3.07. The number of ether oxygens (including phenoxy) is 1. The predicted octanol–water partition coefficient (Wildman–Crippen LogP) is 3.01. The average Bonchev–Trinajstić information content (AvgIpc) is 2.29. The summed E-state index contributed by atoms with van der Waals surface area (Å²) in [6.45, 7) is 0. The molecule has 0 spiro atoms. The highest BCUT2D eigenvalue weighted by atomic mass is 32.2. The van der Waals surface area contributed by atoms with Gasteiger partial charge in [-0.15, -0.1) is 0 Å². The fourth-order valence-electron chi connectivity index (χ4n) is 1.54. The van der Waals surface area contributed by atoms with Crippen LogP contribution in [0.1, 0.15) is 24.5 Å². The SMILES string of the molecule is COc1ccc(F)cc1C(O)CCCSC. The normalized spacial score (nSPS) is 12.5. The van der Waals surface area contributed by atoms with Gasteiger partial charge >= 0.3 is 0 Å². The van der Waals surface area contributed by atoms with E-state index in [2.05, 4.69) is 0 Å². The summed E-state index contributed by atoms with van der Waals surface area (Å²) >= 11 is 1.74. The zero-order chi connectivity index (χ0) is 12.0. The monoisotopic (exact) mass is 244 g/mol. The van der Waals surface area contributed by atoms with Crippen molar-refractivity contribution >= 4 is 11.8 Å². The van der Waals surface area contributed by atoms with Crippen LogP contribution in [0.2, 0.25) is 0 Å². The lowest BCUT2D eigenvalue weighted by Crippen LogP contribution is -2.02. The number of thioether (sulfide) groups is 1. The number of aliphatic hydroxyl groups excluding tert-OH is 1. The van der Waals surface area contributed by atoms with Crippen molar-refractivity contribution < 1.29 is 14.2 Å². The van der Waals surface area contributed by atoms with Gasteiger partial charge in [-0.25, -0.2) is 4.39 Å². The van der Waals surface area contributed by atoms with Gasteiger partial charge in [0.1, 0.15) is 11.6 Å². The van der Waals surface area contributed by atoms with Crippen LogP contribution < -0.4 is 4.74 Å². The molecular weight excluding hydrogens is 227 g/mol. The lowest BCUT2D eigenvalue weighted by molar-refractivity contribution is 0.162. The Labute approximate surface area is 99.8 Å². The highest BCUT2D eigenvalue weighted by molar-refractivity contribution is 7.98. The van der Waals surface area contributed by atoms with Crippen molar-refractivity contribution in [2.45, 2.75) is 18.9 Å². The number of aliphatic hydroxyl groups is 1. The van der Waals surface area contributed by atoms with Gasteiger partial charge in [-0.3, -0.25) is 0 Å². The fraction of sp³-hybridized carbons (Fsp3) is 0.500. The van der Waals surface area contributed by atoms with Crippen molar-refractivity contribution in [1.82, 2.24) is 0 Å². The van der Waals surface area contributed by atoms with E-state index < -0.39 is 6.10 Å². The van der Waals surface area contributed by atoms with Crippen LogP contribution in [-0.2, 0) is 0 Å². The van der Waals surface area contributed by atoms with E-state index in [9.17, 15) is 9.50 Å². The Hall–Kier alpha value is -0.740. The van der Waals surface area contributed by atoms with Gasteiger partial charge in [-0.05, 0) is 43.0 Å². The molecule has 1 aromatic rings. The van der Waals surface area contributed by atoms with Crippen molar-refractivity contribution in [2.75, 3.05) is 19.1 Å². The van der Waals surface area contributed by atoms with Crippen LogP contribution in [0, 0.1) is 5.82 Å². The van der Waals surface area contributed by atoms with Crippen LogP contribution in [0.5, 0.6) is 5.75 Å². The number of benzene rings is 1. The Kier molecular flexibility index (Phi) is 5.63. The maximum Gasteiger partial charge on any atom is 0.124 e. The lowest BCUT2D eigenvalue weighted by Gasteiger charge is -2.14. The Morgan fingerprint density at radius 2 is 2.25 bits per heavy atom. The summed E-state index contributed by atoms with van der Waals surface area (Å²) in [5, 5.41) is 9.93. The van der Waals surface area contributed by atoms with E-state index in [4.69, 9.17) is 4.74 Å². The Bertz CT molecular complexity index is 331. The Balaban J connectivity index is 2.72. The first-order valence-corrected chi connectivity index (χ1v) is 6.59. The van der Waals surface area contributed by atoms with E-state index in [1.165, 1.54) is 19.2 Å². The number of hydrogen-bond acceptors (Lipinski definition) is 3. The summed E-state index contributed by atoms with van der Waals surface area (Å²) in [5.74, 6) is 1.19. The van der Waals surface area contributed by atoms with E-state index in [0.717, 1.165) is 12.2 Å². The first-order chi connectivity index (χ1) is 7.69. The maximum atomic E-state index is 13.1. The van der Waals surface area contributed by atoms with Crippen LogP contribution in [0.15, 0.2) is 18.2 Å². The van der Waals surface area contributed by atoms with Crippen LogP contribution in [0.25, 0.3) is 0 Å². The molecule has 0 heterocycles. The largest absolute Gasteiger partial charge is 0.496 e. The molecule has 4 heteroatoms. The topological polar surface area (TPSA) is 29.5 Å². The van der Waals surface area contributed by atoms with Crippen molar-refractivity contribution in [3.8, 4) is 5.75 Å². The second-order valence-electron chi connectivity index (χ2n) is 3.54. The first kappa shape index (κ1) is 13.3. The smallest absolute Gasteiger partial charge is 0.124 e. The minimum absolute atomic E-state index is 0.347. The Morgan fingerprint density at radius 1 is 1.50 bits per heavy atom.